The molecule has 0 radical (unpaired) electrons. The van der Waals surface area contributed by atoms with Gasteiger partial charge in [-0.05, 0) is 19.4 Å². The van der Waals surface area contributed by atoms with Crippen molar-refractivity contribution in [3.05, 3.63) is 47.0 Å². The summed E-state index contributed by atoms with van der Waals surface area (Å²) < 4.78 is 0. The fourth-order valence-electron chi connectivity index (χ4n) is 1.28. The maximum absolute atomic E-state index is 11.5. The zero-order chi connectivity index (χ0) is 12.8. The highest BCUT2D eigenvalue weighted by Crippen LogP contribution is 2.03. The Bertz CT molecular complexity index is 446. The van der Waals surface area contributed by atoms with Crippen LogP contribution in [0.1, 0.15) is 18.1 Å². The number of amides is 1. The molecule has 90 valence electrons. The summed E-state index contributed by atoms with van der Waals surface area (Å²) in [5.41, 5.74) is 2.32. The molecule has 0 heterocycles. The fraction of sp³-hybridized carbons (Fsp3) is 0.231. The first-order valence-electron chi connectivity index (χ1n) is 5.24. The number of nitrogens with one attached hydrogen (secondary N) is 1. The van der Waals surface area contributed by atoms with Crippen molar-refractivity contribution in [2.45, 2.75) is 20.4 Å². The van der Waals surface area contributed by atoms with E-state index in [4.69, 9.17) is 5.11 Å². The van der Waals surface area contributed by atoms with Crippen LogP contribution in [0.3, 0.4) is 0 Å². The highest BCUT2D eigenvalue weighted by atomic mass is 16.4. The number of aryl methyl sites for hydroxylation is 1. The van der Waals surface area contributed by atoms with Crippen LogP contribution >= 0.6 is 0 Å². The van der Waals surface area contributed by atoms with Gasteiger partial charge in [-0.2, -0.15) is 0 Å². The molecule has 0 aliphatic heterocycles. The van der Waals surface area contributed by atoms with E-state index in [0.29, 0.717) is 6.54 Å². The van der Waals surface area contributed by atoms with Gasteiger partial charge in [-0.25, -0.2) is 4.79 Å². The fourth-order valence-corrected chi connectivity index (χ4v) is 1.28. The van der Waals surface area contributed by atoms with Gasteiger partial charge in [0.15, 0.2) is 0 Å². The van der Waals surface area contributed by atoms with Crippen molar-refractivity contribution in [2.24, 2.45) is 0 Å². The summed E-state index contributed by atoms with van der Waals surface area (Å²) in [6.07, 6.45) is 0.893. The van der Waals surface area contributed by atoms with Gasteiger partial charge in [0.1, 0.15) is 0 Å². The molecule has 0 unspecified atom stereocenters. The molecule has 1 aromatic rings. The molecule has 1 amide bonds. The number of aliphatic carboxylic acids is 1. The predicted molar refractivity (Wildman–Crippen MR) is 64.4 cm³/mol. The maximum atomic E-state index is 11.5. The molecule has 0 fully saturated rings. The van der Waals surface area contributed by atoms with E-state index >= 15 is 0 Å². The van der Waals surface area contributed by atoms with E-state index in [1.54, 1.807) is 0 Å². The topological polar surface area (TPSA) is 66.4 Å². The minimum absolute atomic E-state index is 0.185. The van der Waals surface area contributed by atoms with Gasteiger partial charge in [-0.3, -0.25) is 4.79 Å². The Hall–Kier alpha value is -2.10. The van der Waals surface area contributed by atoms with Gasteiger partial charge in [0, 0.05) is 18.2 Å². The van der Waals surface area contributed by atoms with Crippen LogP contribution in [0.15, 0.2) is 35.9 Å². The third kappa shape index (κ3) is 4.51. The molecule has 0 spiro atoms. The van der Waals surface area contributed by atoms with Crippen LogP contribution in [-0.4, -0.2) is 17.0 Å². The first-order chi connectivity index (χ1) is 7.99. The lowest BCUT2D eigenvalue weighted by molar-refractivity contribution is -0.131. The first kappa shape index (κ1) is 13.0. The first-order valence-corrected chi connectivity index (χ1v) is 5.24. The zero-order valence-electron chi connectivity index (χ0n) is 9.86. The quantitative estimate of drug-likeness (QED) is 0.777. The second-order valence-corrected chi connectivity index (χ2v) is 3.83. The molecule has 17 heavy (non-hydrogen) atoms. The van der Waals surface area contributed by atoms with Crippen LogP contribution < -0.4 is 5.32 Å². The van der Waals surface area contributed by atoms with Crippen LogP contribution in [0, 0.1) is 6.92 Å². The summed E-state index contributed by atoms with van der Waals surface area (Å²) >= 11 is 0. The third-order valence-electron chi connectivity index (χ3n) is 2.27. The van der Waals surface area contributed by atoms with Gasteiger partial charge in [0.05, 0.1) is 0 Å². The van der Waals surface area contributed by atoms with E-state index < -0.39 is 5.97 Å². The van der Waals surface area contributed by atoms with E-state index in [1.165, 1.54) is 6.92 Å². The predicted octanol–water partition coefficient (Wildman–Crippen LogP) is 1.64. The molecular weight excluding hydrogens is 218 g/mol. The summed E-state index contributed by atoms with van der Waals surface area (Å²) in [4.78, 5) is 21.8. The summed E-state index contributed by atoms with van der Waals surface area (Å²) in [6, 6.07) is 7.76. The van der Waals surface area contributed by atoms with Gasteiger partial charge < -0.3 is 10.4 Å². The van der Waals surface area contributed by atoms with Crippen molar-refractivity contribution < 1.29 is 14.7 Å². The highest BCUT2D eigenvalue weighted by molar-refractivity contribution is 5.98. The van der Waals surface area contributed by atoms with Crippen LogP contribution in [0.2, 0.25) is 0 Å². The van der Waals surface area contributed by atoms with Gasteiger partial charge in [0.25, 0.3) is 0 Å². The van der Waals surface area contributed by atoms with E-state index in [2.05, 4.69) is 5.32 Å². The Balaban J connectivity index is 2.54. The zero-order valence-corrected chi connectivity index (χ0v) is 9.86. The second-order valence-electron chi connectivity index (χ2n) is 3.83. The average molecular weight is 233 g/mol. The molecule has 0 aliphatic carbocycles. The van der Waals surface area contributed by atoms with E-state index in [9.17, 15) is 9.59 Å². The third-order valence-corrected chi connectivity index (χ3v) is 2.27. The van der Waals surface area contributed by atoms with Gasteiger partial charge in [-0.1, -0.05) is 29.8 Å². The molecule has 4 nitrogen and oxygen atoms in total. The number of carbonyl (C=O) groups is 2. The van der Waals surface area contributed by atoms with Crippen molar-refractivity contribution >= 4 is 11.9 Å². The van der Waals surface area contributed by atoms with E-state index in [-0.39, 0.29) is 11.5 Å². The average Bonchev–Trinajstić information content (AvgIpc) is 2.27. The van der Waals surface area contributed by atoms with E-state index in [0.717, 1.165) is 17.2 Å². The molecule has 0 aromatic heterocycles. The van der Waals surface area contributed by atoms with E-state index in [1.807, 2.05) is 31.2 Å². The minimum Gasteiger partial charge on any atom is -0.478 e. The highest BCUT2D eigenvalue weighted by Gasteiger charge is 2.05. The Labute approximate surface area is 100.0 Å². The Morgan fingerprint density at radius 1 is 1.29 bits per heavy atom. The standard InChI is InChI=1S/C13H15NO3/c1-9-3-5-11(6-4-9)8-14-13(17)10(2)7-12(15)16/h3-7H,8H2,1-2H3,(H,14,17)(H,15,16). The minimum atomic E-state index is -1.12. The Kier molecular flexibility index (Phi) is 4.46. The Morgan fingerprint density at radius 3 is 2.41 bits per heavy atom. The summed E-state index contributed by atoms with van der Waals surface area (Å²) in [6.45, 7) is 3.85. The maximum Gasteiger partial charge on any atom is 0.328 e. The van der Waals surface area contributed by atoms with Crippen molar-refractivity contribution in [1.29, 1.82) is 0 Å². The number of hydrogen-bond donors (Lipinski definition) is 2. The van der Waals surface area contributed by atoms with Crippen LogP contribution in [0.25, 0.3) is 0 Å². The number of hydrogen-bond acceptors (Lipinski definition) is 2. The number of carbonyl (C=O) groups excluding carboxylic acids is 1. The monoisotopic (exact) mass is 233 g/mol. The van der Waals surface area contributed by atoms with Crippen molar-refractivity contribution in [1.82, 2.24) is 5.32 Å². The lowest BCUT2D eigenvalue weighted by Crippen LogP contribution is -2.23. The molecule has 1 aromatic carbocycles. The molecule has 0 saturated heterocycles. The van der Waals surface area contributed by atoms with Gasteiger partial charge in [-0.15, -0.1) is 0 Å². The molecule has 1 rings (SSSR count). The number of carboxylic acids is 1. The van der Waals surface area contributed by atoms with Crippen LogP contribution in [0.4, 0.5) is 0 Å². The normalized spacial score (nSPS) is 11.1. The number of rotatable bonds is 4. The van der Waals surface area contributed by atoms with Crippen molar-refractivity contribution in [3.8, 4) is 0 Å². The molecule has 4 heteroatoms. The summed E-state index contributed by atoms with van der Waals surface area (Å²) in [5, 5.41) is 11.1. The van der Waals surface area contributed by atoms with Gasteiger partial charge in [0.2, 0.25) is 5.91 Å². The summed E-state index contributed by atoms with van der Waals surface area (Å²) in [5.74, 6) is -1.49. The second kappa shape index (κ2) is 5.84. The SMILES string of the molecule is CC(=CC(=O)O)C(=O)NCc1ccc(C)cc1. The van der Waals surface area contributed by atoms with Crippen LogP contribution in [-0.2, 0) is 16.1 Å². The van der Waals surface area contributed by atoms with Gasteiger partial charge >= 0.3 is 5.97 Å². The lowest BCUT2D eigenvalue weighted by Gasteiger charge is -2.05. The summed E-state index contributed by atoms with van der Waals surface area (Å²) in [7, 11) is 0. The molecule has 0 saturated carbocycles. The lowest BCUT2D eigenvalue weighted by atomic mass is 10.1. The number of benzene rings is 1. The Morgan fingerprint density at radius 2 is 1.88 bits per heavy atom. The number of carboxylic acid groups (broad SMARTS) is 1. The molecular formula is C13H15NO3. The molecule has 0 aliphatic rings. The molecule has 2 N–H and O–H groups in total. The van der Waals surface area contributed by atoms with Crippen molar-refractivity contribution in [2.75, 3.05) is 0 Å². The van der Waals surface area contributed by atoms with Crippen molar-refractivity contribution in [3.63, 3.8) is 0 Å². The molecule has 0 bridgehead atoms. The van der Waals surface area contributed by atoms with Crippen LogP contribution in [0.5, 0.6) is 0 Å². The smallest absolute Gasteiger partial charge is 0.328 e. The molecule has 0 atom stereocenters. The largest absolute Gasteiger partial charge is 0.478 e.